The van der Waals surface area contributed by atoms with Gasteiger partial charge in [0.15, 0.2) is 11.6 Å². The van der Waals surface area contributed by atoms with E-state index in [-0.39, 0.29) is 11.5 Å². The molecule has 2 heteroatoms. The molecule has 0 aliphatic heterocycles. The molecule has 0 nitrogen and oxygen atoms in total. The number of benzene rings is 1. The highest BCUT2D eigenvalue weighted by atomic mass is 19.2. The lowest BCUT2D eigenvalue weighted by Crippen LogP contribution is -2.25. The van der Waals surface area contributed by atoms with Crippen LogP contribution in [0.1, 0.15) is 88.2 Å². The molecule has 0 bridgehead atoms. The molecule has 2 aliphatic carbocycles. The van der Waals surface area contributed by atoms with E-state index in [4.69, 9.17) is 0 Å². The van der Waals surface area contributed by atoms with Gasteiger partial charge in [0.25, 0.3) is 0 Å². The van der Waals surface area contributed by atoms with E-state index in [1.165, 1.54) is 57.4 Å². The lowest BCUT2D eigenvalue weighted by Gasteiger charge is -2.38. The number of hydrogen-bond acceptors (Lipinski definition) is 0. The SMILES string of the molecule is C=Cc1ccc(C2CCC([C@H]3CC[C@H](CCC)CC3)CC2)c(F)c1F. The molecule has 3 rings (SSSR count). The minimum Gasteiger partial charge on any atom is -0.203 e. The molecule has 0 aromatic heterocycles. The van der Waals surface area contributed by atoms with Crippen LogP contribution < -0.4 is 0 Å². The van der Waals surface area contributed by atoms with Crippen molar-refractivity contribution < 1.29 is 8.78 Å². The Morgan fingerprint density at radius 3 is 2.08 bits per heavy atom. The molecule has 1 aromatic rings. The molecule has 2 fully saturated rings. The Hall–Kier alpha value is -1.18. The predicted molar refractivity (Wildman–Crippen MR) is 102 cm³/mol. The number of hydrogen-bond donors (Lipinski definition) is 0. The van der Waals surface area contributed by atoms with Gasteiger partial charge in [0, 0.05) is 5.56 Å². The summed E-state index contributed by atoms with van der Waals surface area (Å²) in [5.41, 5.74) is 0.840. The summed E-state index contributed by atoms with van der Waals surface area (Å²) < 4.78 is 28.4. The summed E-state index contributed by atoms with van der Waals surface area (Å²) in [4.78, 5) is 0. The topological polar surface area (TPSA) is 0 Å². The van der Waals surface area contributed by atoms with Crippen LogP contribution in [-0.2, 0) is 0 Å². The fourth-order valence-corrected chi connectivity index (χ4v) is 5.31. The second kappa shape index (κ2) is 8.47. The van der Waals surface area contributed by atoms with Gasteiger partial charge in [-0.25, -0.2) is 8.78 Å². The highest BCUT2D eigenvalue weighted by molar-refractivity contribution is 5.49. The predicted octanol–water partition coefficient (Wildman–Crippen LogP) is 7.49. The van der Waals surface area contributed by atoms with E-state index in [9.17, 15) is 8.78 Å². The summed E-state index contributed by atoms with van der Waals surface area (Å²) in [6, 6.07) is 3.44. The molecule has 0 N–H and O–H groups in total. The first-order valence-corrected chi connectivity index (χ1v) is 10.2. The van der Waals surface area contributed by atoms with Gasteiger partial charge in [0.05, 0.1) is 0 Å². The van der Waals surface area contributed by atoms with E-state index in [1.807, 2.05) is 0 Å². The summed E-state index contributed by atoms with van der Waals surface area (Å²) in [5.74, 6) is 1.43. The van der Waals surface area contributed by atoms with Crippen molar-refractivity contribution in [2.75, 3.05) is 0 Å². The van der Waals surface area contributed by atoms with Crippen molar-refractivity contribution in [1.29, 1.82) is 0 Å². The smallest absolute Gasteiger partial charge is 0.166 e. The second-order valence-electron chi connectivity index (χ2n) is 8.26. The maximum Gasteiger partial charge on any atom is 0.166 e. The molecule has 2 saturated carbocycles. The van der Waals surface area contributed by atoms with Gasteiger partial charge in [-0.3, -0.25) is 0 Å². The van der Waals surface area contributed by atoms with Crippen molar-refractivity contribution in [1.82, 2.24) is 0 Å². The third-order valence-corrected chi connectivity index (χ3v) is 6.83. The van der Waals surface area contributed by atoms with Crippen molar-refractivity contribution in [3.8, 4) is 0 Å². The maximum atomic E-state index is 14.4. The van der Waals surface area contributed by atoms with Crippen LogP contribution in [0.25, 0.3) is 6.08 Å². The van der Waals surface area contributed by atoms with Crippen molar-refractivity contribution in [3.63, 3.8) is 0 Å². The highest BCUT2D eigenvalue weighted by Gasteiger charge is 2.32. The third kappa shape index (κ3) is 4.15. The van der Waals surface area contributed by atoms with Gasteiger partial charge in [-0.1, -0.05) is 57.4 Å². The van der Waals surface area contributed by atoms with Crippen molar-refractivity contribution in [3.05, 3.63) is 41.5 Å². The van der Waals surface area contributed by atoms with E-state index in [1.54, 1.807) is 12.1 Å². The normalized spacial score (nSPS) is 30.2. The first-order valence-electron chi connectivity index (χ1n) is 10.2. The van der Waals surface area contributed by atoms with Crippen LogP contribution in [0, 0.1) is 29.4 Å². The van der Waals surface area contributed by atoms with Gasteiger partial charge in [-0.05, 0) is 67.8 Å². The molecule has 0 atom stereocenters. The summed E-state index contributed by atoms with van der Waals surface area (Å²) in [6.07, 6.45) is 14.0. The minimum atomic E-state index is -0.733. The molecule has 2 aliphatic rings. The summed E-state index contributed by atoms with van der Waals surface area (Å²) >= 11 is 0. The Morgan fingerprint density at radius 1 is 0.920 bits per heavy atom. The van der Waals surface area contributed by atoms with E-state index in [0.717, 1.165) is 30.6 Å². The van der Waals surface area contributed by atoms with Gasteiger partial charge < -0.3 is 0 Å². The first-order chi connectivity index (χ1) is 12.1. The zero-order valence-corrected chi connectivity index (χ0v) is 15.6. The van der Waals surface area contributed by atoms with E-state index in [2.05, 4.69) is 13.5 Å². The highest BCUT2D eigenvalue weighted by Crippen LogP contribution is 2.45. The van der Waals surface area contributed by atoms with Crippen LogP contribution in [0.4, 0.5) is 8.78 Å². The van der Waals surface area contributed by atoms with Crippen LogP contribution in [0.15, 0.2) is 18.7 Å². The molecular formula is C23H32F2. The summed E-state index contributed by atoms with van der Waals surface area (Å²) in [6.45, 7) is 5.84. The van der Waals surface area contributed by atoms with Gasteiger partial charge in [0.2, 0.25) is 0 Å². The fourth-order valence-electron chi connectivity index (χ4n) is 5.31. The van der Waals surface area contributed by atoms with Crippen molar-refractivity contribution in [2.24, 2.45) is 17.8 Å². The van der Waals surface area contributed by atoms with Crippen LogP contribution >= 0.6 is 0 Å². The minimum absolute atomic E-state index is 0.182. The van der Waals surface area contributed by atoms with E-state index in [0.29, 0.717) is 5.56 Å². The molecule has 25 heavy (non-hydrogen) atoms. The number of halogens is 2. The average molecular weight is 347 g/mol. The molecule has 0 radical (unpaired) electrons. The molecular weight excluding hydrogens is 314 g/mol. The maximum absolute atomic E-state index is 14.4. The van der Waals surface area contributed by atoms with Crippen LogP contribution in [0.5, 0.6) is 0 Å². The van der Waals surface area contributed by atoms with Gasteiger partial charge >= 0.3 is 0 Å². The summed E-state index contributed by atoms with van der Waals surface area (Å²) in [7, 11) is 0. The largest absolute Gasteiger partial charge is 0.203 e. The zero-order chi connectivity index (χ0) is 17.8. The van der Waals surface area contributed by atoms with Crippen LogP contribution in [0.3, 0.4) is 0 Å². The average Bonchev–Trinajstić information content (AvgIpc) is 2.65. The first kappa shape index (κ1) is 18.6. The van der Waals surface area contributed by atoms with E-state index >= 15 is 0 Å². The molecule has 0 saturated heterocycles. The van der Waals surface area contributed by atoms with Gasteiger partial charge in [-0.15, -0.1) is 0 Å². The zero-order valence-electron chi connectivity index (χ0n) is 15.6. The van der Waals surface area contributed by atoms with Crippen molar-refractivity contribution in [2.45, 2.75) is 77.0 Å². The van der Waals surface area contributed by atoms with Gasteiger partial charge in [0.1, 0.15) is 0 Å². The lowest BCUT2D eigenvalue weighted by molar-refractivity contribution is 0.156. The molecule has 0 spiro atoms. The Labute approximate surface area is 151 Å². The van der Waals surface area contributed by atoms with Gasteiger partial charge in [-0.2, -0.15) is 0 Å². The lowest BCUT2D eigenvalue weighted by atomic mass is 9.68. The molecule has 0 heterocycles. The summed E-state index contributed by atoms with van der Waals surface area (Å²) in [5, 5.41) is 0. The van der Waals surface area contributed by atoms with Crippen LogP contribution in [0.2, 0.25) is 0 Å². The number of rotatable bonds is 5. The fraction of sp³-hybridized carbons (Fsp3) is 0.652. The Balaban J connectivity index is 1.56. The Bertz CT molecular complexity index is 576. The molecule has 0 unspecified atom stereocenters. The second-order valence-corrected chi connectivity index (χ2v) is 8.26. The Morgan fingerprint density at radius 2 is 1.52 bits per heavy atom. The molecule has 138 valence electrons. The molecule has 0 amide bonds. The third-order valence-electron chi connectivity index (χ3n) is 6.83. The quantitative estimate of drug-likeness (QED) is 0.518. The standard InChI is InChI=1S/C23H32F2/c1-3-5-16-6-8-18(9-7-16)19-10-12-20(13-11-19)21-15-14-17(4-2)22(24)23(21)25/h4,14-16,18-20H,2-3,5-13H2,1H3/t16-,18-,19?,20?. The monoisotopic (exact) mass is 346 g/mol. The van der Waals surface area contributed by atoms with Crippen molar-refractivity contribution >= 4 is 6.08 Å². The van der Waals surface area contributed by atoms with E-state index < -0.39 is 11.6 Å². The van der Waals surface area contributed by atoms with Crippen LogP contribution in [-0.4, -0.2) is 0 Å². The molecule has 1 aromatic carbocycles. The Kier molecular flexibility index (Phi) is 6.30.